The van der Waals surface area contributed by atoms with Crippen LogP contribution >= 0.6 is 0 Å². The van der Waals surface area contributed by atoms with E-state index in [9.17, 15) is 0 Å². The van der Waals surface area contributed by atoms with Crippen LogP contribution in [0.2, 0.25) is 0 Å². The summed E-state index contributed by atoms with van der Waals surface area (Å²) in [5.41, 5.74) is 1.14. The molecule has 1 radical (unpaired) electrons. The molecule has 3 heteroatoms. The van der Waals surface area contributed by atoms with Crippen LogP contribution in [0.4, 0.5) is 0 Å². The second-order valence-electron chi connectivity index (χ2n) is 1.94. The fourth-order valence-electron chi connectivity index (χ4n) is 0.892. The summed E-state index contributed by atoms with van der Waals surface area (Å²) in [6.45, 7) is 0. The summed E-state index contributed by atoms with van der Waals surface area (Å²) in [4.78, 5) is 7.04. The Labute approximate surface area is 81.0 Å². The molecular weight excluding hydrogens is 135 g/mol. The molecule has 2 nitrogen and oxygen atoms in total. The van der Waals surface area contributed by atoms with Crippen molar-refractivity contribution in [1.82, 2.24) is 9.97 Å². The molecule has 0 saturated heterocycles. The topological polar surface area (TPSA) is 28.7 Å². The van der Waals surface area contributed by atoms with Crippen molar-refractivity contribution in [3.8, 4) is 0 Å². The first kappa shape index (κ1) is 7.79. The van der Waals surface area contributed by atoms with Crippen LogP contribution in [0.15, 0.2) is 30.7 Å². The first-order valence-electron chi connectivity index (χ1n) is 2.84. The molecule has 0 aliphatic heterocycles. The zero-order chi connectivity index (χ0) is 6.10. The molecule has 0 bridgehead atoms. The van der Waals surface area contributed by atoms with E-state index < -0.39 is 0 Å². The Hall–Kier alpha value is -0.310. The molecule has 2 heterocycles. The van der Waals surface area contributed by atoms with Gasteiger partial charge in [-0.1, -0.05) is 0 Å². The molecule has 0 fully saturated rings. The average molecular weight is 141 g/mol. The van der Waals surface area contributed by atoms with Crippen molar-refractivity contribution in [1.29, 1.82) is 0 Å². The number of aromatic nitrogens is 2. The van der Waals surface area contributed by atoms with E-state index in [1.165, 1.54) is 0 Å². The minimum absolute atomic E-state index is 0. The van der Waals surface area contributed by atoms with Crippen LogP contribution in [0.25, 0.3) is 10.9 Å². The third-order valence-corrected chi connectivity index (χ3v) is 1.35. The Kier molecular flexibility index (Phi) is 2.49. The van der Waals surface area contributed by atoms with E-state index in [4.69, 9.17) is 0 Å². The molecule has 0 aromatic carbocycles. The molecule has 0 amide bonds. The molecule has 2 rings (SSSR count). The molecule has 45 valence electrons. The molecule has 2 aromatic heterocycles. The second kappa shape index (κ2) is 3.19. The Morgan fingerprint density at radius 2 is 2.20 bits per heavy atom. The van der Waals surface area contributed by atoms with Crippen molar-refractivity contribution in [2.45, 2.75) is 0 Å². The number of hydrogen-bond acceptors (Lipinski definition) is 1. The Bertz CT molecular complexity index is 286. The Morgan fingerprint density at radius 3 is 3.00 bits per heavy atom. The monoisotopic (exact) mass is 141 g/mol. The summed E-state index contributed by atoms with van der Waals surface area (Å²) in [7, 11) is 0. The number of rotatable bonds is 0. The van der Waals surface area contributed by atoms with E-state index in [1.54, 1.807) is 6.20 Å². The quantitative estimate of drug-likeness (QED) is 0.548. The SMILES string of the molecule is [Na].c1cc2[nH]ccc2cn1. The van der Waals surface area contributed by atoms with Crippen molar-refractivity contribution >= 4 is 40.5 Å². The number of fused-ring (bicyclic) bond motifs is 1. The predicted octanol–water partition coefficient (Wildman–Crippen LogP) is 1.18. The van der Waals surface area contributed by atoms with Gasteiger partial charge in [0.15, 0.2) is 0 Å². The van der Waals surface area contributed by atoms with E-state index in [1.807, 2.05) is 24.5 Å². The van der Waals surface area contributed by atoms with Gasteiger partial charge in [0.1, 0.15) is 0 Å². The van der Waals surface area contributed by atoms with Crippen LogP contribution in [-0.4, -0.2) is 39.5 Å². The van der Waals surface area contributed by atoms with E-state index in [0.29, 0.717) is 0 Å². The standard InChI is InChI=1S/C7H6N2.Na/c1-4-9-7-2-3-8-5-6(1)7;/h1-5,9H;. The number of hydrogen-bond donors (Lipinski definition) is 1. The van der Waals surface area contributed by atoms with Crippen LogP contribution in [0.1, 0.15) is 0 Å². The van der Waals surface area contributed by atoms with Gasteiger partial charge in [0.25, 0.3) is 0 Å². The van der Waals surface area contributed by atoms with Gasteiger partial charge in [0, 0.05) is 59.1 Å². The summed E-state index contributed by atoms with van der Waals surface area (Å²) >= 11 is 0. The van der Waals surface area contributed by atoms with Gasteiger partial charge < -0.3 is 4.98 Å². The smallest absolute Gasteiger partial charge is 0.0484 e. The molecule has 0 atom stereocenters. The zero-order valence-corrected chi connectivity index (χ0v) is 7.83. The first-order valence-corrected chi connectivity index (χ1v) is 2.84. The van der Waals surface area contributed by atoms with Gasteiger partial charge in [0.2, 0.25) is 0 Å². The van der Waals surface area contributed by atoms with E-state index in [0.717, 1.165) is 10.9 Å². The molecule has 0 unspecified atom stereocenters. The normalized spacial score (nSPS) is 9.20. The maximum Gasteiger partial charge on any atom is 0.0484 e. The first-order chi connectivity index (χ1) is 4.47. The number of nitrogens with one attached hydrogen (secondary N) is 1. The van der Waals surface area contributed by atoms with Crippen LogP contribution in [-0.2, 0) is 0 Å². The van der Waals surface area contributed by atoms with Crippen LogP contribution in [0.5, 0.6) is 0 Å². The summed E-state index contributed by atoms with van der Waals surface area (Å²) in [6.07, 6.45) is 5.52. The van der Waals surface area contributed by atoms with Crippen LogP contribution in [0, 0.1) is 0 Å². The van der Waals surface area contributed by atoms with Crippen molar-refractivity contribution < 1.29 is 0 Å². The average Bonchev–Trinajstić information content (AvgIpc) is 2.33. The number of H-pyrrole nitrogens is 1. The van der Waals surface area contributed by atoms with E-state index in [2.05, 4.69) is 9.97 Å². The van der Waals surface area contributed by atoms with Gasteiger partial charge in [0.05, 0.1) is 0 Å². The third kappa shape index (κ3) is 1.24. The zero-order valence-electron chi connectivity index (χ0n) is 5.83. The Morgan fingerprint density at radius 1 is 1.30 bits per heavy atom. The molecule has 0 aliphatic carbocycles. The maximum absolute atomic E-state index is 3.97. The molecule has 0 spiro atoms. The van der Waals surface area contributed by atoms with Gasteiger partial charge in [-0.2, -0.15) is 0 Å². The van der Waals surface area contributed by atoms with Gasteiger partial charge in [-0.15, -0.1) is 0 Å². The molecular formula is C7H6N2Na. The maximum atomic E-state index is 3.97. The molecule has 0 aliphatic rings. The minimum atomic E-state index is 0. The van der Waals surface area contributed by atoms with Crippen molar-refractivity contribution in [3.05, 3.63) is 30.7 Å². The molecule has 2 aromatic rings. The van der Waals surface area contributed by atoms with Gasteiger partial charge in [-0.05, 0) is 12.1 Å². The largest absolute Gasteiger partial charge is 0.361 e. The van der Waals surface area contributed by atoms with Gasteiger partial charge in [-0.25, -0.2) is 0 Å². The summed E-state index contributed by atoms with van der Waals surface area (Å²) < 4.78 is 0. The van der Waals surface area contributed by atoms with Crippen LogP contribution < -0.4 is 0 Å². The van der Waals surface area contributed by atoms with Crippen molar-refractivity contribution in [2.24, 2.45) is 0 Å². The van der Waals surface area contributed by atoms with E-state index in [-0.39, 0.29) is 29.6 Å². The molecule has 1 N–H and O–H groups in total. The Balaban J connectivity index is 0.000000500. The summed E-state index contributed by atoms with van der Waals surface area (Å²) in [5.74, 6) is 0. The second-order valence-corrected chi connectivity index (χ2v) is 1.94. The number of pyridine rings is 1. The summed E-state index contributed by atoms with van der Waals surface area (Å²) in [5, 5.41) is 1.16. The number of aromatic amines is 1. The minimum Gasteiger partial charge on any atom is -0.361 e. The molecule has 0 saturated carbocycles. The summed E-state index contributed by atoms with van der Waals surface area (Å²) in [6, 6.07) is 3.96. The molecule has 10 heavy (non-hydrogen) atoms. The van der Waals surface area contributed by atoms with Crippen molar-refractivity contribution in [3.63, 3.8) is 0 Å². The third-order valence-electron chi connectivity index (χ3n) is 1.35. The predicted molar refractivity (Wildman–Crippen MR) is 41.8 cm³/mol. The fraction of sp³-hybridized carbons (Fsp3) is 0. The van der Waals surface area contributed by atoms with Crippen molar-refractivity contribution in [2.75, 3.05) is 0 Å². The van der Waals surface area contributed by atoms with Gasteiger partial charge in [-0.3, -0.25) is 4.98 Å². The van der Waals surface area contributed by atoms with Gasteiger partial charge >= 0.3 is 0 Å². The van der Waals surface area contributed by atoms with Crippen LogP contribution in [0.3, 0.4) is 0 Å². The van der Waals surface area contributed by atoms with E-state index >= 15 is 0 Å². The number of nitrogens with zero attached hydrogens (tertiary/aromatic N) is 1. The fourth-order valence-corrected chi connectivity index (χ4v) is 0.892.